The lowest BCUT2D eigenvalue weighted by molar-refractivity contribution is -0.142. The molecule has 220 valence electrons. The van der Waals surface area contributed by atoms with Crippen molar-refractivity contribution in [2.24, 2.45) is 5.92 Å². The second-order valence-electron chi connectivity index (χ2n) is 10.1. The van der Waals surface area contributed by atoms with Gasteiger partial charge in [-0.15, -0.1) is 0 Å². The molecule has 1 aliphatic heterocycles. The van der Waals surface area contributed by atoms with E-state index in [1.54, 1.807) is 19.1 Å². The van der Waals surface area contributed by atoms with Crippen molar-refractivity contribution in [3.05, 3.63) is 53.6 Å². The Hall–Kier alpha value is -3.16. The number of aliphatic hydroxyl groups is 1. The predicted octanol–water partition coefficient (Wildman–Crippen LogP) is 3.82. The van der Waals surface area contributed by atoms with Crippen LogP contribution < -0.4 is 10.1 Å². The number of likely N-dealkylation sites (N-methyl/N-ethyl adjacent to an activating group) is 1. The van der Waals surface area contributed by atoms with Gasteiger partial charge in [-0.2, -0.15) is 17.5 Å². The van der Waals surface area contributed by atoms with Gasteiger partial charge in [-0.25, -0.2) is 8.42 Å². The summed E-state index contributed by atoms with van der Waals surface area (Å²) in [5, 5.41) is 12.2. The first kappa shape index (κ1) is 31.4. The van der Waals surface area contributed by atoms with E-state index in [1.165, 1.54) is 46.6 Å². The Bertz CT molecular complexity index is 1320. The molecule has 2 aromatic rings. The molecule has 2 N–H and O–H groups in total. The van der Waals surface area contributed by atoms with Gasteiger partial charge in [0.15, 0.2) is 0 Å². The quantitative estimate of drug-likeness (QED) is 0.463. The van der Waals surface area contributed by atoms with E-state index in [2.05, 4.69) is 5.32 Å². The van der Waals surface area contributed by atoms with E-state index in [0.29, 0.717) is 0 Å². The maximum Gasteiger partial charge on any atom is 0.389 e. The Morgan fingerprint density at radius 3 is 2.48 bits per heavy atom. The number of aryl methyl sites for hydroxylation is 1. The zero-order chi connectivity index (χ0) is 29.8. The van der Waals surface area contributed by atoms with Crippen molar-refractivity contribution in [3.63, 3.8) is 0 Å². The summed E-state index contributed by atoms with van der Waals surface area (Å²) < 4.78 is 71.3. The van der Waals surface area contributed by atoms with Crippen molar-refractivity contribution in [3.8, 4) is 5.75 Å². The van der Waals surface area contributed by atoms with Crippen LogP contribution in [0.4, 0.5) is 18.9 Å². The normalized spacial score (nSPS) is 18.9. The molecule has 1 aliphatic rings. The fourth-order valence-electron chi connectivity index (χ4n) is 4.24. The van der Waals surface area contributed by atoms with Crippen molar-refractivity contribution >= 4 is 27.5 Å². The molecule has 0 aromatic heterocycles. The van der Waals surface area contributed by atoms with Crippen LogP contribution in [0.2, 0.25) is 0 Å². The molecule has 0 saturated heterocycles. The van der Waals surface area contributed by atoms with E-state index >= 15 is 0 Å². The van der Waals surface area contributed by atoms with Crippen LogP contribution in [-0.4, -0.2) is 79.6 Å². The monoisotopic (exact) mass is 585 g/mol. The van der Waals surface area contributed by atoms with Crippen LogP contribution in [0.25, 0.3) is 0 Å². The Kier molecular flexibility index (Phi) is 9.85. The number of rotatable bonds is 9. The highest BCUT2D eigenvalue weighted by Gasteiger charge is 2.35. The van der Waals surface area contributed by atoms with E-state index in [4.69, 9.17) is 4.74 Å². The number of carbonyl (C=O) groups excluding carboxylic acids is 2. The van der Waals surface area contributed by atoms with Gasteiger partial charge >= 0.3 is 6.18 Å². The number of nitrogens with one attached hydrogen (secondary N) is 1. The van der Waals surface area contributed by atoms with Crippen LogP contribution in [0, 0.1) is 12.8 Å². The fourth-order valence-corrected chi connectivity index (χ4v) is 5.42. The lowest BCUT2D eigenvalue weighted by atomic mass is 9.99. The van der Waals surface area contributed by atoms with E-state index < -0.39 is 53.0 Å². The Morgan fingerprint density at radius 1 is 1.23 bits per heavy atom. The molecule has 0 fully saturated rings. The lowest BCUT2D eigenvalue weighted by Crippen LogP contribution is -2.50. The van der Waals surface area contributed by atoms with Crippen LogP contribution >= 0.6 is 0 Å². The lowest BCUT2D eigenvalue weighted by Gasteiger charge is -2.38. The van der Waals surface area contributed by atoms with Crippen LogP contribution in [0.15, 0.2) is 47.4 Å². The Labute approximate surface area is 232 Å². The number of aliphatic hydroxyl groups excluding tert-OH is 1. The van der Waals surface area contributed by atoms with Gasteiger partial charge in [0.05, 0.1) is 36.1 Å². The number of sulfonamides is 1. The number of alkyl halides is 3. The van der Waals surface area contributed by atoms with E-state index in [0.717, 1.165) is 5.56 Å². The first-order valence-corrected chi connectivity index (χ1v) is 14.2. The molecule has 13 heteroatoms. The highest BCUT2D eigenvalue weighted by Crippen LogP contribution is 2.31. The average Bonchev–Trinajstić information content (AvgIpc) is 2.89. The third-order valence-electron chi connectivity index (χ3n) is 6.75. The molecule has 0 spiro atoms. The SMILES string of the molecule is Cc1ccc(S(=O)(=O)N(C)C[C@H]2Oc3ccc(NC(=O)CCC(F)(F)F)cc3C(=O)N([C@H](C)CO)C[C@H]2C)cc1. The van der Waals surface area contributed by atoms with Crippen LogP contribution in [-0.2, 0) is 14.8 Å². The number of carbonyl (C=O) groups is 2. The van der Waals surface area contributed by atoms with Gasteiger partial charge in [0, 0.05) is 31.6 Å². The smallest absolute Gasteiger partial charge is 0.389 e. The minimum atomic E-state index is -4.49. The minimum absolute atomic E-state index is 0.0230. The van der Waals surface area contributed by atoms with Crippen molar-refractivity contribution in [1.82, 2.24) is 9.21 Å². The topological polar surface area (TPSA) is 116 Å². The summed E-state index contributed by atoms with van der Waals surface area (Å²) >= 11 is 0. The van der Waals surface area contributed by atoms with Gasteiger partial charge in [-0.3, -0.25) is 9.59 Å². The molecule has 2 amide bonds. The molecular weight excluding hydrogens is 551 g/mol. The molecular formula is C27H34F3N3O6S. The molecule has 3 atom stereocenters. The Balaban J connectivity index is 1.91. The maximum absolute atomic E-state index is 13.5. The molecule has 2 aromatic carbocycles. The minimum Gasteiger partial charge on any atom is -0.488 e. The zero-order valence-corrected chi connectivity index (χ0v) is 23.6. The van der Waals surface area contributed by atoms with Gasteiger partial charge in [0.25, 0.3) is 5.91 Å². The molecule has 3 rings (SSSR count). The first-order chi connectivity index (χ1) is 18.6. The van der Waals surface area contributed by atoms with E-state index in [1.807, 2.05) is 13.8 Å². The van der Waals surface area contributed by atoms with Crippen molar-refractivity contribution in [2.75, 3.05) is 32.1 Å². The number of hydrogen-bond donors (Lipinski definition) is 2. The molecule has 9 nitrogen and oxygen atoms in total. The largest absolute Gasteiger partial charge is 0.488 e. The summed E-state index contributed by atoms with van der Waals surface area (Å²) in [6.07, 6.45) is -7.26. The highest BCUT2D eigenvalue weighted by atomic mass is 32.2. The number of fused-ring (bicyclic) bond motifs is 1. The summed E-state index contributed by atoms with van der Waals surface area (Å²) in [7, 11) is -2.42. The number of amides is 2. The first-order valence-electron chi connectivity index (χ1n) is 12.7. The number of hydrogen-bond acceptors (Lipinski definition) is 6. The summed E-state index contributed by atoms with van der Waals surface area (Å²) in [5.74, 6) is -1.62. The molecule has 1 heterocycles. The van der Waals surface area contributed by atoms with Crippen LogP contribution in [0.5, 0.6) is 5.75 Å². The van der Waals surface area contributed by atoms with E-state index in [9.17, 15) is 36.3 Å². The maximum atomic E-state index is 13.5. The Morgan fingerprint density at radius 2 is 1.88 bits per heavy atom. The van der Waals surface area contributed by atoms with Crippen LogP contribution in [0.1, 0.15) is 42.6 Å². The van der Waals surface area contributed by atoms with Gasteiger partial charge in [0.1, 0.15) is 11.9 Å². The van der Waals surface area contributed by atoms with Crippen LogP contribution in [0.3, 0.4) is 0 Å². The summed E-state index contributed by atoms with van der Waals surface area (Å²) in [5.41, 5.74) is 1.03. The zero-order valence-electron chi connectivity index (χ0n) is 22.7. The third kappa shape index (κ3) is 7.73. The molecule has 0 bridgehead atoms. The average molecular weight is 586 g/mol. The van der Waals surface area contributed by atoms with Crippen molar-refractivity contribution in [2.45, 2.75) is 56.8 Å². The van der Waals surface area contributed by atoms with Crippen molar-refractivity contribution in [1.29, 1.82) is 0 Å². The molecule has 0 radical (unpaired) electrons. The van der Waals surface area contributed by atoms with Gasteiger partial charge in [0.2, 0.25) is 15.9 Å². The fraction of sp³-hybridized carbons (Fsp3) is 0.481. The molecule has 40 heavy (non-hydrogen) atoms. The summed E-state index contributed by atoms with van der Waals surface area (Å²) in [6.45, 7) is 5.05. The second kappa shape index (κ2) is 12.6. The van der Waals surface area contributed by atoms with Gasteiger partial charge in [-0.05, 0) is 44.2 Å². The number of nitrogens with zero attached hydrogens (tertiary/aromatic N) is 2. The molecule has 0 unspecified atom stereocenters. The number of ether oxygens (including phenoxy) is 1. The summed E-state index contributed by atoms with van der Waals surface area (Å²) in [6, 6.07) is 9.96. The summed E-state index contributed by atoms with van der Waals surface area (Å²) in [4.78, 5) is 27.1. The highest BCUT2D eigenvalue weighted by molar-refractivity contribution is 7.89. The van der Waals surface area contributed by atoms with Gasteiger partial charge in [-0.1, -0.05) is 24.6 Å². The molecule has 0 aliphatic carbocycles. The number of anilines is 1. The second-order valence-corrected chi connectivity index (χ2v) is 12.1. The van der Waals surface area contributed by atoms with Gasteiger partial charge < -0.3 is 20.1 Å². The van der Waals surface area contributed by atoms with Crippen molar-refractivity contribution < 1.29 is 41.0 Å². The number of halogens is 3. The molecule has 0 saturated carbocycles. The standard InChI is InChI=1S/C27H34F3N3O6S/c1-17-5-8-21(9-6-17)40(37,38)32(4)15-24-18(2)14-33(19(3)16-34)26(36)22-13-20(7-10-23(22)39-24)31-25(35)11-12-27(28,29)30/h5-10,13,18-19,24,34H,11-12,14-16H2,1-4H3,(H,31,35)/t18-,19-,24-/m1/s1. The van der Waals surface area contributed by atoms with E-state index in [-0.39, 0.29) is 47.5 Å². The predicted molar refractivity (Wildman–Crippen MR) is 143 cm³/mol. The number of benzene rings is 2. The third-order valence-corrected chi connectivity index (χ3v) is 8.59.